The molecular formula is C17H23NS. The topological polar surface area (TPSA) is 12.0 Å². The van der Waals surface area contributed by atoms with Gasteiger partial charge in [-0.3, -0.25) is 0 Å². The first kappa shape index (κ1) is 14.3. The van der Waals surface area contributed by atoms with Crippen molar-refractivity contribution < 1.29 is 0 Å². The standard InChI is InChI=1S/C17H23NS/c1-2-13-18-16(17-12-7-14-19-17)11-6-10-15-8-4-3-5-9-15/h3-5,7-9,12,14,16,18H,2,6,10-11,13H2,1H3. The van der Waals surface area contributed by atoms with Crippen LogP contribution in [0.5, 0.6) is 0 Å². The first-order valence-electron chi connectivity index (χ1n) is 7.21. The lowest BCUT2D eigenvalue weighted by molar-refractivity contribution is 0.490. The van der Waals surface area contributed by atoms with Crippen LogP contribution < -0.4 is 5.32 Å². The Morgan fingerprint density at radius 2 is 1.95 bits per heavy atom. The SMILES string of the molecule is CCCNC(CCCc1ccccc1)c1cccs1. The second-order valence-electron chi connectivity index (χ2n) is 4.90. The van der Waals surface area contributed by atoms with E-state index in [2.05, 4.69) is 60.1 Å². The molecule has 19 heavy (non-hydrogen) atoms. The Kier molecular flexibility index (Phi) is 6.12. The Hall–Kier alpha value is -1.12. The van der Waals surface area contributed by atoms with E-state index in [1.54, 1.807) is 0 Å². The Morgan fingerprint density at radius 1 is 1.11 bits per heavy atom. The molecule has 0 saturated heterocycles. The molecule has 0 bridgehead atoms. The zero-order chi connectivity index (χ0) is 13.3. The Balaban J connectivity index is 1.83. The van der Waals surface area contributed by atoms with Gasteiger partial charge in [0.05, 0.1) is 0 Å². The highest BCUT2D eigenvalue weighted by Gasteiger charge is 2.11. The van der Waals surface area contributed by atoms with Crippen LogP contribution in [0.1, 0.15) is 42.7 Å². The third-order valence-electron chi connectivity index (χ3n) is 3.33. The number of nitrogens with one attached hydrogen (secondary N) is 1. The van der Waals surface area contributed by atoms with E-state index >= 15 is 0 Å². The van der Waals surface area contributed by atoms with Crippen LogP contribution >= 0.6 is 11.3 Å². The summed E-state index contributed by atoms with van der Waals surface area (Å²) in [7, 11) is 0. The highest BCUT2D eigenvalue weighted by Crippen LogP contribution is 2.24. The molecule has 1 unspecified atom stereocenters. The highest BCUT2D eigenvalue weighted by molar-refractivity contribution is 7.10. The van der Waals surface area contributed by atoms with Crippen molar-refractivity contribution in [1.82, 2.24) is 5.32 Å². The van der Waals surface area contributed by atoms with E-state index in [-0.39, 0.29) is 0 Å². The predicted octanol–water partition coefficient (Wildman–Crippen LogP) is 4.81. The summed E-state index contributed by atoms with van der Waals surface area (Å²) in [6.45, 7) is 3.33. The van der Waals surface area contributed by atoms with Gasteiger partial charge in [-0.05, 0) is 49.2 Å². The van der Waals surface area contributed by atoms with E-state index < -0.39 is 0 Å². The molecule has 0 spiro atoms. The van der Waals surface area contributed by atoms with Gasteiger partial charge in [0, 0.05) is 10.9 Å². The summed E-state index contributed by atoms with van der Waals surface area (Å²) in [5, 5.41) is 5.84. The molecular weight excluding hydrogens is 250 g/mol. The molecule has 0 fully saturated rings. The maximum Gasteiger partial charge on any atom is 0.0414 e. The number of benzene rings is 1. The van der Waals surface area contributed by atoms with Crippen LogP contribution in [0.25, 0.3) is 0 Å². The fourth-order valence-corrected chi connectivity index (χ4v) is 3.14. The fourth-order valence-electron chi connectivity index (χ4n) is 2.31. The summed E-state index contributed by atoms with van der Waals surface area (Å²) >= 11 is 1.87. The van der Waals surface area contributed by atoms with Gasteiger partial charge in [-0.1, -0.05) is 43.3 Å². The van der Waals surface area contributed by atoms with E-state index in [0.29, 0.717) is 6.04 Å². The van der Waals surface area contributed by atoms with Gasteiger partial charge in [0.25, 0.3) is 0 Å². The van der Waals surface area contributed by atoms with Crippen LogP contribution in [0.15, 0.2) is 47.8 Å². The minimum Gasteiger partial charge on any atom is -0.309 e. The van der Waals surface area contributed by atoms with Crippen molar-refractivity contribution in [2.45, 2.75) is 38.6 Å². The van der Waals surface area contributed by atoms with Crippen molar-refractivity contribution in [3.05, 3.63) is 58.3 Å². The molecule has 0 aliphatic rings. The van der Waals surface area contributed by atoms with Crippen molar-refractivity contribution in [3.8, 4) is 0 Å². The third kappa shape index (κ3) is 4.81. The van der Waals surface area contributed by atoms with E-state index in [1.807, 2.05) is 11.3 Å². The van der Waals surface area contributed by atoms with Crippen molar-refractivity contribution in [1.29, 1.82) is 0 Å². The maximum atomic E-state index is 3.67. The van der Waals surface area contributed by atoms with Gasteiger partial charge in [-0.15, -0.1) is 11.3 Å². The molecule has 2 rings (SSSR count). The van der Waals surface area contributed by atoms with Crippen LogP contribution in [-0.2, 0) is 6.42 Å². The van der Waals surface area contributed by atoms with Gasteiger partial charge in [-0.25, -0.2) is 0 Å². The monoisotopic (exact) mass is 273 g/mol. The van der Waals surface area contributed by atoms with Gasteiger partial charge in [0.15, 0.2) is 0 Å². The summed E-state index contributed by atoms with van der Waals surface area (Å²) in [6.07, 6.45) is 4.83. The molecule has 1 aromatic carbocycles. The average Bonchev–Trinajstić information content (AvgIpc) is 2.98. The molecule has 1 heterocycles. The second-order valence-corrected chi connectivity index (χ2v) is 5.88. The first-order chi connectivity index (χ1) is 9.40. The molecule has 1 N–H and O–H groups in total. The summed E-state index contributed by atoms with van der Waals surface area (Å²) in [5.41, 5.74) is 1.45. The van der Waals surface area contributed by atoms with Gasteiger partial charge in [0.2, 0.25) is 0 Å². The number of hydrogen-bond acceptors (Lipinski definition) is 2. The molecule has 0 saturated carbocycles. The maximum absolute atomic E-state index is 3.67. The first-order valence-corrected chi connectivity index (χ1v) is 8.09. The minimum atomic E-state index is 0.531. The molecule has 102 valence electrons. The number of rotatable bonds is 8. The van der Waals surface area contributed by atoms with Crippen LogP contribution in [0.3, 0.4) is 0 Å². The highest BCUT2D eigenvalue weighted by atomic mass is 32.1. The lowest BCUT2D eigenvalue weighted by atomic mass is 10.0. The van der Waals surface area contributed by atoms with Crippen molar-refractivity contribution >= 4 is 11.3 Å². The van der Waals surface area contributed by atoms with Crippen molar-refractivity contribution in [2.24, 2.45) is 0 Å². The normalized spacial score (nSPS) is 12.5. The van der Waals surface area contributed by atoms with Crippen LogP contribution in [-0.4, -0.2) is 6.54 Å². The zero-order valence-corrected chi connectivity index (χ0v) is 12.5. The summed E-state index contributed by atoms with van der Waals surface area (Å²) in [6, 6.07) is 15.7. The summed E-state index contributed by atoms with van der Waals surface area (Å²) in [5.74, 6) is 0. The summed E-state index contributed by atoms with van der Waals surface area (Å²) < 4.78 is 0. The number of thiophene rings is 1. The lowest BCUT2D eigenvalue weighted by Crippen LogP contribution is -2.21. The van der Waals surface area contributed by atoms with E-state index in [9.17, 15) is 0 Å². The van der Waals surface area contributed by atoms with Crippen LogP contribution in [0, 0.1) is 0 Å². The summed E-state index contributed by atoms with van der Waals surface area (Å²) in [4.78, 5) is 1.47. The van der Waals surface area contributed by atoms with E-state index in [4.69, 9.17) is 0 Å². The number of aryl methyl sites for hydroxylation is 1. The molecule has 0 aliphatic heterocycles. The minimum absolute atomic E-state index is 0.531. The quantitative estimate of drug-likeness (QED) is 0.727. The molecule has 0 radical (unpaired) electrons. The van der Waals surface area contributed by atoms with E-state index in [1.165, 1.54) is 36.1 Å². The van der Waals surface area contributed by atoms with Gasteiger partial charge in [-0.2, -0.15) is 0 Å². The Labute approximate surface area is 120 Å². The second kappa shape index (κ2) is 8.13. The largest absolute Gasteiger partial charge is 0.309 e. The molecule has 1 nitrogen and oxygen atoms in total. The van der Waals surface area contributed by atoms with Crippen LogP contribution in [0.4, 0.5) is 0 Å². The lowest BCUT2D eigenvalue weighted by Gasteiger charge is -2.17. The molecule has 0 amide bonds. The Bertz CT molecular complexity index is 436. The third-order valence-corrected chi connectivity index (χ3v) is 4.31. The molecule has 0 aliphatic carbocycles. The smallest absolute Gasteiger partial charge is 0.0414 e. The predicted molar refractivity (Wildman–Crippen MR) is 84.7 cm³/mol. The molecule has 1 aromatic heterocycles. The van der Waals surface area contributed by atoms with Crippen LogP contribution in [0.2, 0.25) is 0 Å². The fraction of sp³-hybridized carbons (Fsp3) is 0.412. The molecule has 2 aromatic rings. The van der Waals surface area contributed by atoms with Crippen molar-refractivity contribution in [2.75, 3.05) is 6.54 Å². The average molecular weight is 273 g/mol. The van der Waals surface area contributed by atoms with Gasteiger partial charge in [0.1, 0.15) is 0 Å². The zero-order valence-electron chi connectivity index (χ0n) is 11.6. The van der Waals surface area contributed by atoms with Gasteiger partial charge >= 0.3 is 0 Å². The van der Waals surface area contributed by atoms with E-state index in [0.717, 1.165) is 6.54 Å². The number of hydrogen-bond donors (Lipinski definition) is 1. The van der Waals surface area contributed by atoms with Gasteiger partial charge < -0.3 is 5.32 Å². The Morgan fingerprint density at radius 3 is 2.63 bits per heavy atom. The molecule has 2 heteroatoms. The van der Waals surface area contributed by atoms with Crippen molar-refractivity contribution in [3.63, 3.8) is 0 Å². The molecule has 1 atom stereocenters.